The molecule has 0 saturated heterocycles. The summed E-state index contributed by atoms with van der Waals surface area (Å²) in [7, 11) is 0. The Hall–Kier alpha value is -6.32. The van der Waals surface area contributed by atoms with Gasteiger partial charge in [-0.25, -0.2) is 0 Å². The molecular formula is C44H35N3. The Bertz CT molecular complexity index is 2000. The van der Waals surface area contributed by atoms with Gasteiger partial charge in [0.2, 0.25) is 0 Å². The van der Waals surface area contributed by atoms with Gasteiger partial charge in [-0.2, -0.15) is 0 Å². The molecule has 4 N–H and O–H groups in total. The molecule has 47 heavy (non-hydrogen) atoms. The summed E-state index contributed by atoms with van der Waals surface area (Å²) in [5, 5.41) is 0. The van der Waals surface area contributed by atoms with Gasteiger partial charge >= 0.3 is 0 Å². The Labute approximate surface area is 276 Å². The highest BCUT2D eigenvalue weighted by atomic mass is 15.1. The van der Waals surface area contributed by atoms with E-state index < -0.39 is 0 Å². The van der Waals surface area contributed by atoms with E-state index in [4.69, 9.17) is 11.5 Å². The zero-order valence-corrected chi connectivity index (χ0v) is 26.0. The van der Waals surface area contributed by atoms with E-state index >= 15 is 0 Å². The zero-order valence-electron chi connectivity index (χ0n) is 26.0. The molecule has 0 atom stereocenters. The summed E-state index contributed by atoms with van der Waals surface area (Å²) in [6.45, 7) is 0. The van der Waals surface area contributed by atoms with E-state index in [1.807, 2.05) is 48.5 Å². The van der Waals surface area contributed by atoms with Crippen molar-refractivity contribution in [3.8, 4) is 11.1 Å². The molecule has 7 aromatic rings. The van der Waals surface area contributed by atoms with Crippen molar-refractivity contribution in [1.82, 2.24) is 0 Å². The lowest BCUT2D eigenvalue weighted by molar-refractivity contribution is 1.28. The molecule has 0 spiro atoms. The van der Waals surface area contributed by atoms with Crippen LogP contribution in [0.15, 0.2) is 188 Å². The maximum atomic E-state index is 6.01. The Morgan fingerprint density at radius 2 is 0.574 bits per heavy atom. The quantitative estimate of drug-likeness (QED) is 0.134. The van der Waals surface area contributed by atoms with Gasteiger partial charge in [0, 0.05) is 28.4 Å². The SMILES string of the molecule is Nc1ccc(N(c2ccc(N)cc2)c2ccc(-c3ccc(C(=C(c4ccccc4)c4ccccc4)c4ccccc4)cc3)cc2)cc1. The number of nitrogens with zero attached hydrogens (tertiary/aromatic N) is 1. The van der Waals surface area contributed by atoms with Crippen LogP contribution in [0.1, 0.15) is 22.3 Å². The number of rotatable bonds is 8. The lowest BCUT2D eigenvalue weighted by Crippen LogP contribution is -2.10. The predicted octanol–water partition coefficient (Wildman–Crippen LogP) is 11.0. The Morgan fingerprint density at radius 3 is 0.915 bits per heavy atom. The van der Waals surface area contributed by atoms with Gasteiger partial charge in [-0.15, -0.1) is 0 Å². The van der Waals surface area contributed by atoms with Gasteiger partial charge in [-0.1, -0.05) is 127 Å². The molecule has 0 heterocycles. The first-order valence-corrected chi connectivity index (χ1v) is 15.8. The normalized spacial score (nSPS) is 10.7. The van der Waals surface area contributed by atoms with Crippen LogP contribution in [-0.4, -0.2) is 0 Å². The monoisotopic (exact) mass is 605 g/mol. The Morgan fingerprint density at radius 1 is 0.298 bits per heavy atom. The molecule has 0 unspecified atom stereocenters. The molecule has 0 fully saturated rings. The van der Waals surface area contributed by atoms with Crippen molar-refractivity contribution in [3.05, 3.63) is 210 Å². The largest absolute Gasteiger partial charge is 0.399 e. The van der Waals surface area contributed by atoms with Crippen LogP contribution < -0.4 is 16.4 Å². The number of nitrogen functional groups attached to an aromatic ring is 2. The fraction of sp³-hybridized carbons (Fsp3) is 0. The second-order valence-corrected chi connectivity index (χ2v) is 11.5. The first-order chi connectivity index (χ1) is 23.1. The zero-order chi connectivity index (χ0) is 32.0. The number of benzene rings is 7. The molecule has 3 heteroatoms. The van der Waals surface area contributed by atoms with E-state index in [2.05, 4.69) is 144 Å². The summed E-state index contributed by atoms with van der Waals surface area (Å²) in [4.78, 5) is 2.21. The van der Waals surface area contributed by atoms with Gasteiger partial charge < -0.3 is 16.4 Å². The minimum Gasteiger partial charge on any atom is -0.399 e. The fourth-order valence-corrected chi connectivity index (χ4v) is 6.05. The molecular weight excluding hydrogens is 571 g/mol. The minimum absolute atomic E-state index is 0.731. The number of anilines is 5. The van der Waals surface area contributed by atoms with E-state index in [0.717, 1.165) is 45.1 Å². The van der Waals surface area contributed by atoms with Gasteiger partial charge in [0.1, 0.15) is 0 Å². The van der Waals surface area contributed by atoms with Crippen molar-refractivity contribution < 1.29 is 0 Å². The van der Waals surface area contributed by atoms with Crippen LogP contribution in [0.5, 0.6) is 0 Å². The lowest BCUT2D eigenvalue weighted by Gasteiger charge is -2.26. The number of nitrogens with two attached hydrogens (primary N) is 2. The molecule has 3 nitrogen and oxygen atoms in total. The smallest absolute Gasteiger partial charge is 0.0463 e. The summed E-state index contributed by atoms with van der Waals surface area (Å²) >= 11 is 0. The molecule has 0 amide bonds. The summed E-state index contributed by atoms with van der Waals surface area (Å²) < 4.78 is 0. The van der Waals surface area contributed by atoms with E-state index in [0.29, 0.717) is 0 Å². The highest BCUT2D eigenvalue weighted by Gasteiger charge is 2.17. The second kappa shape index (κ2) is 13.4. The van der Waals surface area contributed by atoms with Crippen LogP contribution >= 0.6 is 0 Å². The van der Waals surface area contributed by atoms with Crippen molar-refractivity contribution >= 4 is 39.6 Å². The van der Waals surface area contributed by atoms with Crippen LogP contribution in [0.3, 0.4) is 0 Å². The van der Waals surface area contributed by atoms with Gasteiger partial charge in [0.25, 0.3) is 0 Å². The van der Waals surface area contributed by atoms with Crippen molar-refractivity contribution in [2.75, 3.05) is 16.4 Å². The average Bonchev–Trinajstić information content (AvgIpc) is 3.14. The van der Waals surface area contributed by atoms with E-state index in [9.17, 15) is 0 Å². The summed E-state index contributed by atoms with van der Waals surface area (Å²) in [6.07, 6.45) is 0. The molecule has 7 rings (SSSR count). The van der Waals surface area contributed by atoms with E-state index in [1.54, 1.807) is 0 Å². The molecule has 0 aliphatic rings. The van der Waals surface area contributed by atoms with Crippen molar-refractivity contribution in [3.63, 3.8) is 0 Å². The third-order valence-corrected chi connectivity index (χ3v) is 8.37. The van der Waals surface area contributed by atoms with Crippen molar-refractivity contribution in [2.45, 2.75) is 0 Å². The van der Waals surface area contributed by atoms with E-state index in [-0.39, 0.29) is 0 Å². The molecule has 226 valence electrons. The highest BCUT2D eigenvalue weighted by Crippen LogP contribution is 2.39. The third-order valence-electron chi connectivity index (χ3n) is 8.37. The first-order valence-electron chi connectivity index (χ1n) is 15.8. The molecule has 0 saturated carbocycles. The Balaban J connectivity index is 1.28. The van der Waals surface area contributed by atoms with E-state index in [1.165, 1.54) is 27.8 Å². The van der Waals surface area contributed by atoms with Crippen LogP contribution in [0.25, 0.3) is 22.3 Å². The van der Waals surface area contributed by atoms with Gasteiger partial charge in [0.15, 0.2) is 0 Å². The van der Waals surface area contributed by atoms with Gasteiger partial charge in [0.05, 0.1) is 0 Å². The predicted molar refractivity (Wildman–Crippen MR) is 200 cm³/mol. The lowest BCUT2D eigenvalue weighted by atomic mass is 9.85. The van der Waals surface area contributed by atoms with Crippen LogP contribution in [0.4, 0.5) is 28.4 Å². The second-order valence-electron chi connectivity index (χ2n) is 11.5. The topological polar surface area (TPSA) is 55.3 Å². The Kier molecular flexibility index (Phi) is 8.35. The maximum Gasteiger partial charge on any atom is 0.0463 e. The summed E-state index contributed by atoms with van der Waals surface area (Å²) in [5.74, 6) is 0. The summed E-state index contributed by atoms with van der Waals surface area (Å²) in [6, 6.07) is 65.5. The van der Waals surface area contributed by atoms with Crippen molar-refractivity contribution in [2.24, 2.45) is 0 Å². The van der Waals surface area contributed by atoms with Gasteiger partial charge in [-0.05, 0) is 105 Å². The number of hydrogen-bond donors (Lipinski definition) is 2. The van der Waals surface area contributed by atoms with Crippen molar-refractivity contribution in [1.29, 1.82) is 0 Å². The first kappa shape index (κ1) is 29.4. The third kappa shape index (κ3) is 6.42. The molecule has 0 aliphatic heterocycles. The number of hydrogen-bond acceptors (Lipinski definition) is 3. The molecule has 0 bridgehead atoms. The molecule has 0 aromatic heterocycles. The fourth-order valence-electron chi connectivity index (χ4n) is 6.05. The molecule has 0 aliphatic carbocycles. The summed E-state index contributed by atoms with van der Waals surface area (Å²) in [5.41, 5.74) is 26.0. The van der Waals surface area contributed by atoms with Crippen LogP contribution in [0.2, 0.25) is 0 Å². The van der Waals surface area contributed by atoms with Gasteiger partial charge in [-0.3, -0.25) is 0 Å². The van der Waals surface area contributed by atoms with Crippen LogP contribution in [-0.2, 0) is 0 Å². The highest BCUT2D eigenvalue weighted by molar-refractivity contribution is 6.04. The molecule has 0 radical (unpaired) electrons. The minimum atomic E-state index is 0.731. The average molecular weight is 606 g/mol. The van der Waals surface area contributed by atoms with Crippen LogP contribution in [0, 0.1) is 0 Å². The standard InChI is InChI=1S/C44H35N3/c45-38-22-28-41(29-23-38)47(42-30-24-39(46)25-31-42)40-26-20-33(21-27-40)32-16-18-37(19-17-32)44(36-14-8-3-9-15-36)43(34-10-4-1-5-11-34)35-12-6-2-7-13-35/h1-31H,45-46H2. The molecule has 7 aromatic carbocycles. The maximum absolute atomic E-state index is 6.01.